The molecule has 0 saturated carbocycles. The second-order valence-electron chi connectivity index (χ2n) is 6.68. The number of carbonyl (C=O) groups is 2. The van der Waals surface area contributed by atoms with E-state index in [0.29, 0.717) is 11.3 Å². The quantitative estimate of drug-likeness (QED) is 0.633. The number of rotatable bonds is 6. The molecule has 0 radical (unpaired) electrons. The minimum atomic E-state index is -0.167. The summed E-state index contributed by atoms with van der Waals surface area (Å²) in [5.74, 6) is -0.270. The molecule has 1 aromatic heterocycles. The Morgan fingerprint density at radius 3 is 2.45 bits per heavy atom. The molecule has 0 aliphatic rings. The van der Waals surface area contributed by atoms with Gasteiger partial charge in [0.15, 0.2) is 0 Å². The van der Waals surface area contributed by atoms with Crippen LogP contribution in [-0.2, 0) is 4.79 Å². The third-order valence-corrected chi connectivity index (χ3v) is 4.72. The van der Waals surface area contributed by atoms with Gasteiger partial charge in [0.05, 0.1) is 6.04 Å². The monoisotopic (exact) mass is 385 g/mol. The molecule has 146 valence electrons. The van der Waals surface area contributed by atoms with Crippen molar-refractivity contribution in [3.05, 3.63) is 102 Å². The van der Waals surface area contributed by atoms with Crippen LogP contribution < -0.4 is 5.32 Å². The highest BCUT2D eigenvalue weighted by Crippen LogP contribution is 2.22. The lowest BCUT2D eigenvalue weighted by Crippen LogP contribution is -2.28. The highest BCUT2D eigenvalue weighted by atomic mass is 16.2. The molecule has 1 N–H and O–H groups in total. The van der Waals surface area contributed by atoms with Gasteiger partial charge in [0.2, 0.25) is 5.91 Å². The van der Waals surface area contributed by atoms with Crippen LogP contribution in [0.15, 0.2) is 85.2 Å². The van der Waals surface area contributed by atoms with E-state index >= 15 is 0 Å². The van der Waals surface area contributed by atoms with E-state index in [9.17, 15) is 9.59 Å². The van der Waals surface area contributed by atoms with Crippen molar-refractivity contribution in [3.63, 3.8) is 0 Å². The third-order valence-electron chi connectivity index (χ3n) is 4.72. The first-order valence-corrected chi connectivity index (χ1v) is 9.36. The molecular formula is C24H23N3O2. The Kier molecular flexibility index (Phi) is 6.53. The second kappa shape index (κ2) is 9.46. The van der Waals surface area contributed by atoms with Gasteiger partial charge in [-0.2, -0.15) is 0 Å². The molecule has 0 aliphatic carbocycles. The number of aromatic nitrogens is 1. The number of nitrogens with one attached hydrogen (secondary N) is 1. The Morgan fingerprint density at radius 2 is 1.72 bits per heavy atom. The first-order valence-electron chi connectivity index (χ1n) is 9.36. The molecule has 0 saturated heterocycles. The molecular weight excluding hydrogens is 362 g/mol. The van der Waals surface area contributed by atoms with E-state index in [1.807, 2.05) is 61.5 Å². The number of hydrogen-bond acceptors (Lipinski definition) is 3. The largest absolute Gasteiger partial charge is 0.335 e. The average Bonchev–Trinajstić information content (AvgIpc) is 2.78. The van der Waals surface area contributed by atoms with Gasteiger partial charge < -0.3 is 10.2 Å². The lowest BCUT2D eigenvalue weighted by Gasteiger charge is -2.24. The van der Waals surface area contributed by atoms with Crippen LogP contribution in [0.5, 0.6) is 0 Å². The number of likely N-dealkylation sites (N-methyl/N-ethyl adjacent to an activating group) is 1. The van der Waals surface area contributed by atoms with Crippen molar-refractivity contribution in [1.82, 2.24) is 9.88 Å². The van der Waals surface area contributed by atoms with Crippen molar-refractivity contribution in [2.45, 2.75) is 13.0 Å². The van der Waals surface area contributed by atoms with E-state index in [-0.39, 0.29) is 17.9 Å². The summed E-state index contributed by atoms with van der Waals surface area (Å²) >= 11 is 0. The third kappa shape index (κ3) is 5.39. The molecule has 1 atom stereocenters. The van der Waals surface area contributed by atoms with Gasteiger partial charge >= 0.3 is 0 Å². The van der Waals surface area contributed by atoms with E-state index in [4.69, 9.17) is 0 Å². The number of pyridine rings is 1. The number of benzene rings is 2. The van der Waals surface area contributed by atoms with Crippen molar-refractivity contribution >= 4 is 23.6 Å². The van der Waals surface area contributed by atoms with Crippen LogP contribution >= 0.6 is 0 Å². The molecule has 3 rings (SSSR count). The molecule has 5 nitrogen and oxygen atoms in total. The molecule has 0 fully saturated rings. The molecule has 0 spiro atoms. The Labute approximate surface area is 170 Å². The first-order chi connectivity index (χ1) is 14.0. The molecule has 2 amide bonds. The van der Waals surface area contributed by atoms with E-state index in [1.165, 1.54) is 0 Å². The second-order valence-corrected chi connectivity index (χ2v) is 6.68. The van der Waals surface area contributed by atoms with Gasteiger partial charge in [0.25, 0.3) is 5.91 Å². The van der Waals surface area contributed by atoms with Gasteiger partial charge in [-0.15, -0.1) is 0 Å². The Morgan fingerprint density at radius 1 is 1.00 bits per heavy atom. The van der Waals surface area contributed by atoms with Gasteiger partial charge in [-0.25, -0.2) is 0 Å². The molecule has 0 bridgehead atoms. The zero-order valence-corrected chi connectivity index (χ0v) is 16.4. The van der Waals surface area contributed by atoms with Crippen molar-refractivity contribution in [2.24, 2.45) is 0 Å². The zero-order chi connectivity index (χ0) is 20.6. The summed E-state index contributed by atoms with van der Waals surface area (Å²) in [4.78, 5) is 30.5. The Hall–Kier alpha value is -3.73. The molecule has 1 unspecified atom stereocenters. The van der Waals surface area contributed by atoms with E-state index in [1.54, 1.807) is 48.6 Å². The molecule has 29 heavy (non-hydrogen) atoms. The van der Waals surface area contributed by atoms with Gasteiger partial charge in [0, 0.05) is 36.8 Å². The zero-order valence-electron chi connectivity index (χ0n) is 16.4. The standard InChI is InChI=1S/C24H23N3O2/c1-18(27(2)23(28)12-11-19-13-15-25-16-14-19)21-9-6-10-22(17-21)26-24(29)20-7-4-3-5-8-20/h3-18H,1-2H3,(H,26,29)/b12-11+. The average molecular weight is 385 g/mol. The number of hydrogen-bond donors (Lipinski definition) is 1. The van der Waals surface area contributed by atoms with Crippen molar-refractivity contribution in [1.29, 1.82) is 0 Å². The van der Waals surface area contributed by atoms with Crippen LogP contribution in [0.4, 0.5) is 5.69 Å². The summed E-state index contributed by atoms with van der Waals surface area (Å²) in [5, 5.41) is 2.91. The Bertz CT molecular complexity index is 1000. The highest BCUT2D eigenvalue weighted by Gasteiger charge is 2.16. The maximum absolute atomic E-state index is 12.5. The lowest BCUT2D eigenvalue weighted by molar-refractivity contribution is -0.126. The highest BCUT2D eigenvalue weighted by molar-refractivity contribution is 6.04. The minimum Gasteiger partial charge on any atom is -0.335 e. The number of nitrogens with zero attached hydrogens (tertiary/aromatic N) is 2. The summed E-state index contributed by atoms with van der Waals surface area (Å²) in [5.41, 5.74) is 3.14. The molecule has 2 aromatic carbocycles. The van der Waals surface area contributed by atoms with Crippen LogP contribution in [-0.4, -0.2) is 28.7 Å². The number of carbonyl (C=O) groups excluding carboxylic acids is 2. The van der Waals surface area contributed by atoms with Crippen LogP contribution in [0.3, 0.4) is 0 Å². The summed E-state index contributed by atoms with van der Waals surface area (Å²) in [6.07, 6.45) is 6.69. The normalized spacial score (nSPS) is 11.8. The fourth-order valence-electron chi connectivity index (χ4n) is 2.84. The van der Waals surface area contributed by atoms with Gasteiger partial charge in [-0.05, 0) is 60.5 Å². The molecule has 5 heteroatoms. The van der Waals surface area contributed by atoms with Gasteiger partial charge in [-0.1, -0.05) is 30.3 Å². The van der Waals surface area contributed by atoms with Gasteiger partial charge in [0.1, 0.15) is 0 Å². The molecule has 1 heterocycles. The predicted molar refractivity (Wildman–Crippen MR) is 115 cm³/mol. The van der Waals surface area contributed by atoms with Gasteiger partial charge in [-0.3, -0.25) is 14.6 Å². The van der Waals surface area contributed by atoms with E-state index in [0.717, 1.165) is 11.1 Å². The van der Waals surface area contributed by atoms with Crippen LogP contribution in [0.1, 0.15) is 34.5 Å². The molecule has 0 aliphatic heterocycles. The van der Waals surface area contributed by atoms with Crippen LogP contribution in [0, 0.1) is 0 Å². The molecule has 3 aromatic rings. The SMILES string of the molecule is CC(c1cccc(NC(=O)c2ccccc2)c1)N(C)C(=O)/C=C/c1ccncc1. The fraction of sp³-hybridized carbons (Fsp3) is 0.125. The van der Waals surface area contributed by atoms with Crippen molar-refractivity contribution < 1.29 is 9.59 Å². The maximum atomic E-state index is 12.5. The predicted octanol–water partition coefficient (Wildman–Crippen LogP) is 4.57. The van der Waals surface area contributed by atoms with E-state index in [2.05, 4.69) is 10.3 Å². The van der Waals surface area contributed by atoms with Crippen molar-refractivity contribution in [3.8, 4) is 0 Å². The van der Waals surface area contributed by atoms with Crippen LogP contribution in [0.2, 0.25) is 0 Å². The van der Waals surface area contributed by atoms with Crippen LogP contribution in [0.25, 0.3) is 6.08 Å². The summed E-state index contributed by atoms with van der Waals surface area (Å²) < 4.78 is 0. The summed E-state index contributed by atoms with van der Waals surface area (Å²) in [7, 11) is 1.76. The van der Waals surface area contributed by atoms with Crippen molar-refractivity contribution in [2.75, 3.05) is 12.4 Å². The minimum absolute atomic E-state index is 0.104. The summed E-state index contributed by atoms with van der Waals surface area (Å²) in [6.45, 7) is 1.95. The van der Waals surface area contributed by atoms with E-state index < -0.39 is 0 Å². The number of amides is 2. The Balaban J connectivity index is 1.68. The lowest BCUT2D eigenvalue weighted by atomic mass is 10.1. The number of anilines is 1. The smallest absolute Gasteiger partial charge is 0.255 e. The summed E-state index contributed by atoms with van der Waals surface area (Å²) in [6, 6.07) is 20.1. The first kappa shape index (κ1) is 20.0. The topological polar surface area (TPSA) is 62.3 Å². The fourth-order valence-corrected chi connectivity index (χ4v) is 2.84. The maximum Gasteiger partial charge on any atom is 0.255 e.